The third-order valence-electron chi connectivity index (χ3n) is 2.34. The molecule has 0 radical (unpaired) electrons. The molecule has 0 amide bonds. The van der Waals surface area contributed by atoms with Crippen molar-refractivity contribution in [3.8, 4) is 0 Å². The van der Waals surface area contributed by atoms with Crippen molar-refractivity contribution in [3.05, 3.63) is 30.3 Å². The molecule has 0 bridgehead atoms. The molecule has 1 aliphatic heterocycles. The number of nitrogens with zero attached hydrogens (tertiary/aromatic N) is 1. The number of thiol groups is 1. The van der Waals surface area contributed by atoms with Crippen LogP contribution in [0, 0.1) is 0 Å². The molecular weight excluding hydrogens is 238 g/mol. The second kappa shape index (κ2) is 16.5. The van der Waals surface area contributed by atoms with Crippen LogP contribution in [0.2, 0.25) is 0 Å². The monoisotopic (exact) mass is 269 g/mol. The van der Waals surface area contributed by atoms with Gasteiger partial charge in [-0.05, 0) is 45.1 Å². The minimum absolute atomic E-state index is 1.02. The second-order valence-corrected chi connectivity index (χ2v) is 4.22. The molecule has 1 heterocycles. The predicted molar refractivity (Wildman–Crippen MR) is 87.7 cm³/mol. The fourth-order valence-electron chi connectivity index (χ4n) is 1.48. The molecule has 1 fully saturated rings. The van der Waals surface area contributed by atoms with E-state index in [1.165, 1.54) is 32.4 Å². The van der Waals surface area contributed by atoms with Gasteiger partial charge in [0.25, 0.3) is 0 Å². The van der Waals surface area contributed by atoms with Gasteiger partial charge in [0.1, 0.15) is 0 Å². The Bertz CT molecular complexity index is 230. The highest BCUT2D eigenvalue weighted by molar-refractivity contribution is 7.80. The average molecular weight is 269 g/mol. The summed E-state index contributed by atoms with van der Waals surface area (Å²) in [6.07, 6.45) is 4.28. The number of piperidine rings is 1. The summed E-state index contributed by atoms with van der Waals surface area (Å²) in [6.45, 7) is 10.6. The summed E-state index contributed by atoms with van der Waals surface area (Å²) in [4.78, 5) is 3.41. The standard InChI is InChI=1S/C6H13N.C6H6S.2C2H6/c1-7-5-3-2-4-6-7;7-6-4-2-1-3-5-6;2*1-2/h2-6H2,1H3;1-5,7H;2*1-2H3. The number of rotatable bonds is 0. The van der Waals surface area contributed by atoms with Crippen molar-refractivity contribution >= 4 is 12.6 Å². The molecule has 0 aromatic heterocycles. The first kappa shape index (κ1) is 19.9. The number of hydrogen-bond acceptors (Lipinski definition) is 2. The first-order chi connectivity index (χ1) is 8.79. The molecule has 0 unspecified atom stereocenters. The van der Waals surface area contributed by atoms with Crippen molar-refractivity contribution in [3.63, 3.8) is 0 Å². The van der Waals surface area contributed by atoms with Crippen molar-refractivity contribution in [2.75, 3.05) is 20.1 Å². The Labute approximate surface area is 120 Å². The molecular formula is C16H31NS. The lowest BCUT2D eigenvalue weighted by Crippen LogP contribution is -2.24. The maximum Gasteiger partial charge on any atom is 0.00399 e. The van der Waals surface area contributed by atoms with Gasteiger partial charge in [0.05, 0.1) is 0 Å². The van der Waals surface area contributed by atoms with Gasteiger partial charge in [-0.2, -0.15) is 0 Å². The molecule has 2 rings (SSSR count). The lowest BCUT2D eigenvalue weighted by molar-refractivity contribution is 0.277. The Hall–Kier alpha value is -0.470. The Kier molecular flexibility index (Phi) is 18.2. The number of likely N-dealkylation sites (tertiary alicyclic amines) is 1. The largest absolute Gasteiger partial charge is 0.306 e. The van der Waals surface area contributed by atoms with Crippen molar-refractivity contribution in [1.29, 1.82) is 0 Å². The van der Waals surface area contributed by atoms with Gasteiger partial charge in [0, 0.05) is 4.90 Å². The van der Waals surface area contributed by atoms with E-state index in [1.54, 1.807) is 0 Å². The van der Waals surface area contributed by atoms with Gasteiger partial charge >= 0.3 is 0 Å². The fourth-order valence-corrected chi connectivity index (χ4v) is 1.65. The van der Waals surface area contributed by atoms with Crippen LogP contribution in [0.15, 0.2) is 35.2 Å². The first-order valence-corrected chi connectivity index (χ1v) is 7.66. The van der Waals surface area contributed by atoms with E-state index in [0.717, 1.165) is 4.90 Å². The van der Waals surface area contributed by atoms with Crippen LogP contribution in [0.25, 0.3) is 0 Å². The third-order valence-corrected chi connectivity index (χ3v) is 2.63. The molecule has 1 aromatic rings. The van der Waals surface area contributed by atoms with E-state index in [2.05, 4.69) is 24.6 Å². The molecule has 1 aromatic carbocycles. The highest BCUT2D eigenvalue weighted by atomic mass is 32.1. The molecule has 0 aliphatic carbocycles. The fraction of sp³-hybridized carbons (Fsp3) is 0.625. The van der Waals surface area contributed by atoms with Gasteiger partial charge in [-0.1, -0.05) is 52.3 Å². The van der Waals surface area contributed by atoms with Crippen LogP contribution < -0.4 is 0 Å². The summed E-state index contributed by atoms with van der Waals surface area (Å²) < 4.78 is 0. The summed E-state index contributed by atoms with van der Waals surface area (Å²) in [6, 6.07) is 9.79. The van der Waals surface area contributed by atoms with Crippen LogP contribution in [0.5, 0.6) is 0 Å². The lowest BCUT2D eigenvalue weighted by atomic mass is 10.1. The molecule has 0 saturated carbocycles. The van der Waals surface area contributed by atoms with Crippen LogP contribution in [-0.4, -0.2) is 25.0 Å². The van der Waals surface area contributed by atoms with Gasteiger partial charge in [-0.15, -0.1) is 12.6 Å². The Morgan fingerprint density at radius 3 is 1.50 bits per heavy atom. The summed E-state index contributed by atoms with van der Waals surface area (Å²) in [5.74, 6) is 0. The van der Waals surface area contributed by atoms with E-state index in [4.69, 9.17) is 0 Å². The maximum atomic E-state index is 4.08. The van der Waals surface area contributed by atoms with Gasteiger partial charge in [-0.3, -0.25) is 0 Å². The van der Waals surface area contributed by atoms with Crippen molar-refractivity contribution < 1.29 is 0 Å². The van der Waals surface area contributed by atoms with Crippen LogP contribution >= 0.6 is 12.6 Å². The third kappa shape index (κ3) is 13.6. The SMILES string of the molecule is CC.CC.CN1CCCCC1.Sc1ccccc1. The van der Waals surface area contributed by atoms with Crippen LogP contribution in [-0.2, 0) is 0 Å². The summed E-state index contributed by atoms with van der Waals surface area (Å²) in [7, 11) is 2.19. The topological polar surface area (TPSA) is 3.24 Å². The highest BCUT2D eigenvalue weighted by Crippen LogP contribution is 2.04. The Morgan fingerprint density at radius 1 is 0.833 bits per heavy atom. The van der Waals surface area contributed by atoms with E-state index < -0.39 is 0 Å². The van der Waals surface area contributed by atoms with Crippen LogP contribution in [0.1, 0.15) is 47.0 Å². The summed E-state index contributed by atoms with van der Waals surface area (Å²) in [5, 5.41) is 0. The quantitative estimate of drug-likeness (QED) is 0.639. The average Bonchev–Trinajstić information content (AvgIpc) is 2.46. The van der Waals surface area contributed by atoms with Crippen molar-refractivity contribution in [2.45, 2.75) is 51.9 Å². The molecule has 0 spiro atoms. The van der Waals surface area contributed by atoms with E-state index in [9.17, 15) is 0 Å². The van der Waals surface area contributed by atoms with Gasteiger partial charge in [0.15, 0.2) is 0 Å². The molecule has 106 valence electrons. The highest BCUT2D eigenvalue weighted by Gasteiger charge is 2.02. The molecule has 0 N–H and O–H groups in total. The minimum Gasteiger partial charge on any atom is -0.306 e. The summed E-state index contributed by atoms with van der Waals surface area (Å²) >= 11 is 4.08. The minimum atomic E-state index is 1.02. The molecule has 1 aliphatic rings. The van der Waals surface area contributed by atoms with Gasteiger partial charge in [0.2, 0.25) is 0 Å². The lowest BCUT2D eigenvalue weighted by Gasteiger charge is -2.20. The zero-order valence-corrected chi connectivity index (χ0v) is 13.7. The maximum absolute atomic E-state index is 4.08. The normalized spacial score (nSPS) is 13.9. The smallest absolute Gasteiger partial charge is 0.00399 e. The van der Waals surface area contributed by atoms with E-state index in [-0.39, 0.29) is 0 Å². The summed E-state index contributed by atoms with van der Waals surface area (Å²) in [5.41, 5.74) is 0. The zero-order chi connectivity index (χ0) is 14.2. The van der Waals surface area contributed by atoms with E-state index in [0.29, 0.717) is 0 Å². The van der Waals surface area contributed by atoms with Crippen molar-refractivity contribution in [2.24, 2.45) is 0 Å². The molecule has 18 heavy (non-hydrogen) atoms. The van der Waals surface area contributed by atoms with Gasteiger partial charge in [-0.25, -0.2) is 0 Å². The molecule has 1 nitrogen and oxygen atoms in total. The first-order valence-electron chi connectivity index (χ1n) is 7.21. The Morgan fingerprint density at radius 2 is 1.28 bits per heavy atom. The second-order valence-electron chi connectivity index (χ2n) is 3.70. The van der Waals surface area contributed by atoms with E-state index in [1.807, 2.05) is 58.0 Å². The molecule has 1 saturated heterocycles. The molecule has 0 atom stereocenters. The number of hydrogen-bond donors (Lipinski definition) is 1. The predicted octanol–water partition coefficient (Wildman–Crippen LogP) is 5.13. The number of benzene rings is 1. The zero-order valence-electron chi connectivity index (χ0n) is 12.8. The Balaban J connectivity index is 0. The van der Waals surface area contributed by atoms with Crippen molar-refractivity contribution in [1.82, 2.24) is 4.90 Å². The van der Waals surface area contributed by atoms with E-state index >= 15 is 0 Å². The van der Waals surface area contributed by atoms with Crippen LogP contribution in [0.4, 0.5) is 0 Å². The van der Waals surface area contributed by atoms with Gasteiger partial charge < -0.3 is 4.90 Å². The van der Waals surface area contributed by atoms with Crippen LogP contribution in [0.3, 0.4) is 0 Å². The molecule has 2 heteroatoms.